The molecule has 20 heavy (non-hydrogen) atoms. The van der Waals surface area contributed by atoms with E-state index >= 15 is 0 Å². The predicted molar refractivity (Wildman–Crippen MR) is 76.3 cm³/mol. The fourth-order valence-electron chi connectivity index (χ4n) is 2.84. The number of benzene rings is 1. The summed E-state index contributed by atoms with van der Waals surface area (Å²) in [5.74, 6) is 0.720. The molecule has 0 unspecified atom stereocenters. The molecule has 1 aliphatic heterocycles. The molecule has 0 radical (unpaired) electrons. The highest BCUT2D eigenvalue weighted by atomic mass is 16.5. The Bertz CT molecular complexity index is 897. The molecule has 3 aromatic rings. The van der Waals surface area contributed by atoms with Crippen LogP contribution in [0.4, 0.5) is 0 Å². The van der Waals surface area contributed by atoms with Gasteiger partial charge in [-0.2, -0.15) is 0 Å². The van der Waals surface area contributed by atoms with Gasteiger partial charge in [0.25, 0.3) is 0 Å². The van der Waals surface area contributed by atoms with Gasteiger partial charge < -0.3 is 9.15 Å². The van der Waals surface area contributed by atoms with E-state index in [0.29, 0.717) is 16.9 Å². The van der Waals surface area contributed by atoms with Gasteiger partial charge in [0.2, 0.25) is 0 Å². The molecule has 0 N–H and O–H groups in total. The Morgan fingerprint density at radius 2 is 2.00 bits per heavy atom. The first-order valence-electron chi connectivity index (χ1n) is 6.68. The first kappa shape index (κ1) is 11.5. The Morgan fingerprint density at radius 3 is 2.85 bits per heavy atom. The quantitative estimate of drug-likeness (QED) is 0.463. The van der Waals surface area contributed by atoms with E-state index in [4.69, 9.17) is 9.15 Å². The minimum Gasteiger partial charge on any atom is -0.489 e. The Morgan fingerprint density at radius 1 is 1.15 bits per heavy atom. The van der Waals surface area contributed by atoms with Gasteiger partial charge >= 0.3 is 5.63 Å². The highest BCUT2D eigenvalue weighted by molar-refractivity contribution is 6.04. The largest absolute Gasteiger partial charge is 0.489 e. The van der Waals surface area contributed by atoms with Crippen molar-refractivity contribution in [1.82, 2.24) is 4.98 Å². The summed E-state index contributed by atoms with van der Waals surface area (Å²) in [5, 5.41) is 1.68. The summed E-state index contributed by atoms with van der Waals surface area (Å²) in [7, 11) is 0. The van der Waals surface area contributed by atoms with Crippen molar-refractivity contribution < 1.29 is 9.15 Å². The highest BCUT2D eigenvalue weighted by Crippen LogP contribution is 2.41. The van der Waals surface area contributed by atoms with E-state index in [1.54, 1.807) is 6.20 Å². The van der Waals surface area contributed by atoms with Crippen LogP contribution in [0.5, 0.6) is 5.75 Å². The third-order valence-electron chi connectivity index (χ3n) is 4.10. The second kappa shape index (κ2) is 3.82. The van der Waals surface area contributed by atoms with Crippen LogP contribution in [-0.2, 0) is 0 Å². The van der Waals surface area contributed by atoms with Gasteiger partial charge in [0, 0.05) is 17.5 Å². The molecule has 4 rings (SSSR count). The minimum absolute atomic E-state index is 0.0110. The summed E-state index contributed by atoms with van der Waals surface area (Å²) in [6.07, 6.45) is 1.71. The molecule has 100 valence electrons. The number of aromatic nitrogens is 1. The Balaban J connectivity index is 2.20. The topological polar surface area (TPSA) is 52.3 Å². The zero-order valence-corrected chi connectivity index (χ0v) is 11.2. The maximum atomic E-state index is 12.3. The van der Waals surface area contributed by atoms with E-state index in [9.17, 15) is 4.79 Å². The average Bonchev–Trinajstić information content (AvgIpc) is 2.76. The molecule has 1 aliphatic rings. The lowest BCUT2D eigenvalue weighted by Crippen LogP contribution is -2.14. The smallest absolute Gasteiger partial charge is 0.343 e. The molecule has 0 bridgehead atoms. The lowest BCUT2D eigenvalue weighted by atomic mass is 9.99. The molecule has 4 heteroatoms. The molecule has 3 heterocycles. The number of hydrogen-bond acceptors (Lipinski definition) is 4. The molecule has 4 nitrogen and oxygen atoms in total. The van der Waals surface area contributed by atoms with Gasteiger partial charge in [0.15, 0.2) is 5.58 Å². The van der Waals surface area contributed by atoms with Crippen molar-refractivity contribution in [1.29, 1.82) is 0 Å². The van der Waals surface area contributed by atoms with E-state index < -0.39 is 0 Å². The molecule has 0 spiro atoms. The number of ether oxygens (including phenoxy) is 1. The number of hydrogen-bond donors (Lipinski definition) is 0. The van der Waals surface area contributed by atoms with Crippen LogP contribution in [0, 0.1) is 0 Å². The summed E-state index contributed by atoms with van der Waals surface area (Å²) in [6, 6.07) is 7.58. The van der Waals surface area contributed by atoms with Gasteiger partial charge in [-0.05, 0) is 31.2 Å². The molecule has 0 aliphatic carbocycles. The molecule has 0 fully saturated rings. The third kappa shape index (κ3) is 1.36. The van der Waals surface area contributed by atoms with Gasteiger partial charge in [0.05, 0.1) is 16.5 Å². The van der Waals surface area contributed by atoms with Crippen molar-refractivity contribution in [2.45, 2.75) is 25.9 Å². The summed E-state index contributed by atoms with van der Waals surface area (Å²) in [4.78, 5) is 16.5. The summed E-state index contributed by atoms with van der Waals surface area (Å²) in [6.45, 7) is 3.96. The maximum Gasteiger partial charge on any atom is 0.343 e. The minimum atomic E-state index is -0.305. The molecule has 2 atom stereocenters. The third-order valence-corrected chi connectivity index (χ3v) is 4.10. The van der Waals surface area contributed by atoms with Gasteiger partial charge in [-0.3, -0.25) is 4.98 Å². The monoisotopic (exact) mass is 267 g/mol. The summed E-state index contributed by atoms with van der Waals surface area (Å²) < 4.78 is 11.4. The summed E-state index contributed by atoms with van der Waals surface area (Å²) >= 11 is 0. The van der Waals surface area contributed by atoms with Crippen molar-refractivity contribution in [3.63, 3.8) is 0 Å². The Labute approximate surface area is 115 Å². The normalized spacial score (nSPS) is 21.1. The number of pyridine rings is 1. The van der Waals surface area contributed by atoms with Crippen LogP contribution in [0.1, 0.15) is 25.3 Å². The van der Waals surface area contributed by atoms with Crippen molar-refractivity contribution in [2.24, 2.45) is 0 Å². The van der Waals surface area contributed by atoms with Crippen molar-refractivity contribution in [3.8, 4) is 5.75 Å². The van der Waals surface area contributed by atoms with Crippen LogP contribution in [0.2, 0.25) is 0 Å². The van der Waals surface area contributed by atoms with E-state index in [0.717, 1.165) is 16.3 Å². The molecule has 0 amide bonds. The second-order valence-electron chi connectivity index (χ2n) is 5.26. The highest BCUT2D eigenvalue weighted by Gasteiger charge is 2.33. The summed E-state index contributed by atoms with van der Waals surface area (Å²) in [5.41, 5.74) is 1.71. The molecular weight excluding hydrogens is 254 g/mol. The molecule has 1 aromatic carbocycles. The average molecular weight is 267 g/mol. The van der Waals surface area contributed by atoms with Crippen molar-refractivity contribution in [2.75, 3.05) is 0 Å². The van der Waals surface area contributed by atoms with Crippen molar-refractivity contribution >= 4 is 21.9 Å². The van der Waals surface area contributed by atoms with Crippen LogP contribution in [0.25, 0.3) is 21.9 Å². The number of rotatable bonds is 0. The van der Waals surface area contributed by atoms with E-state index in [-0.39, 0.29) is 17.6 Å². The van der Waals surface area contributed by atoms with Crippen LogP contribution in [-0.4, -0.2) is 11.1 Å². The predicted octanol–water partition coefficient (Wildman–Crippen LogP) is 3.23. The van der Waals surface area contributed by atoms with Gasteiger partial charge in [-0.1, -0.05) is 6.92 Å². The zero-order chi connectivity index (χ0) is 13.9. The van der Waals surface area contributed by atoms with Gasteiger partial charge in [-0.15, -0.1) is 0 Å². The lowest BCUT2D eigenvalue weighted by molar-refractivity contribution is 0.234. The second-order valence-corrected chi connectivity index (χ2v) is 5.26. The fourth-order valence-corrected chi connectivity index (χ4v) is 2.84. The number of fused-ring (bicyclic) bond motifs is 5. The lowest BCUT2D eigenvalue weighted by Gasteiger charge is -2.07. The molecule has 0 saturated heterocycles. The molecular formula is C16H13NO3. The maximum absolute atomic E-state index is 12.3. The number of nitrogens with zero attached hydrogens (tertiary/aromatic N) is 1. The van der Waals surface area contributed by atoms with E-state index in [1.807, 2.05) is 38.1 Å². The Hall–Kier alpha value is -2.36. The zero-order valence-electron chi connectivity index (χ0n) is 11.2. The first-order chi connectivity index (χ1) is 9.66. The Kier molecular flexibility index (Phi) is 2.19. The van der Waals surface area contributed by atoms with Crippen molar-refractivity contribution in [3.05, 3.63) is 46.4 Å². The fraction of sp³-hybridized carbons (Fsp3) is 0.250. The first-order valence-corrected chi connectivity index (χ1v) is 6.68. The SMILES string of the molecule is C[C@@H]1Oc2c(c(=O)oc3c2ccc2ncccc23)[C@H]1C. The van der Waals surface area contributed by atoms with E-state index in [1.165, 1.54) is 0 Å². The molecule has 0 saturated carbocycles. The van der Waals surface area contributed by atoms with Crippen LogP contribution in [0.15, 0.2) is 39.7 Å². The standard InChI is InChI=1S/C16H13NO3/c1-8-9(2)19-15-11-5-6-12-10(4-3-7-17-12)14(11)20-16(18)13(8)15/h3-9H,1-2H3/t8-,9-/m0/s1. The van der Waals surface area contributed by atoms with Gasteiger partial charge in [-0.25, -0.2) is 4.79 Å². The molecule has 2 aromatic heterocycles. The van der Waals surface area contributed by atoms with Crippen LogP contribution in [0.3, 0.4) is 0 Å². The van der Waals surface area contributed by atoms with E-state index in [2.05, 4.69) is 4.98 Å². The van der Waals surface area contributed by atoms with Crippen LogP contribution >= 0.6 is 0 Å². The van der Waals surface area contributed by atoms with Crippen LogP contribution < -0.4 is 10.4 Å². The van der Waals surface area contributed by atoms with Gasteiger partial charge in [0.1, 0.15) is 11.9 Å².